The van der Waals surface area contributed by atoms with E-state index in [2.05, 4.69) is 13.8 Å². The van der Waals surface area contributed by atoms with Crippen LogP contribution in [0.25, 0.3) is 0 Å². The van der Waals surface area contributed by atoms with Crippen LogP contribution >= 0.6 is 0 Å². The molecule has 0 radical (unpaired) electrons. The summed E-state index contributed by atoms with van der Waals surface area (Å²) >= 11 is 0. The molecule has 1 nitrogen and oxygen atoms in total. The van der Waals surface area contributed by atoms with Crippen molar-refractivity contribution in [2.45, 2.75) is 20.3 Å². The molecule has 0 fully saturated rings. The standard InChI is InChI=1S/C3H8.H2O.Ti/c1-3-2;;/h3H2,1-2H3;1H2;. The summed E-state index contributed by atoms with van der Waals surface area (Å²) in [5.41, 5.74) is 0. The fraction of sp³-hybridized carbons (Fsp3) is 1.00. The normalized spacial score (nSPS) is 3.60. The van der Waals surface area contributed by atoms with Crippen molar-refractivity contribution in [2.75, 3.05) is 0 Å². The molecule has 0 aliphatic rings. The molecular formula is C3H10OTi. The third-order valence-corrected chi connectivity index (χ3v) is 0. The van der Waals surface area contributed by atoms with Crippen molar-refractivity contribution in [3.63, 3.8) is 0 Å². The van der Waals surface area contributed by atoms with E-state index in [4.69, 9.17) is 0 Å². The Morgan fingerprint density at radius 3 is 1.20 bits per heavy atom. The summed E-state index contributed by atoms with van der Waals surface area (Å²) in [6.07, 6.45) is 1.25. The maximum Gasteiger partial charge on any atom is 0 e. The van der Waals surface area contributed by atoms with E-state index in [9.17, 15) is 0 Å². The first kappa shape index (κ1) is 17.3. The van der Waals surface area contributed by atoms with E-state index in [1.54, 1.807) is 0 Å². The van der Waals surface area contributed by atoms with Crippen LogP contribution in [-0.4, -0.2) is 5.48 Å². The van der Waals surface area contributed by atoms with Gasteiger partial charge in [-0.3, -0.25) is 0 Å². The largest absolute Gasteiger partial charge is 0.412 e. The molecule has 0 atom stereocenters. The van der Waals surface area contributed by atoms with Crippen molar-refractivity contribution in [2.24, 2.45) is 0 Å². The molecule has 32 valence electrons. The van der Waals surface area contributed by atoms with Crippen LogP contribution in [0.4, 0.5) is 0 Å². The van der Waals surface area contributed by atoms with Gasteiger partial charge in [0.25, 0.3) is 0 Å². The first-order chi connectivity index (χ1) is 1.41. The minimum absolute atomic E-state index is 0. The fourth-order valence-electron chi connectivity index (χ4n) is 0. The summed E-state index contributed by atoms with van der Waals surface area (Å²) in [6.45, 7) is 4.25. The van der Waals surface area contributed by atoms with Crippen LogP contribution < -0.4 is 0 Å². The smallest absolute Gasteiger partial charge is 0 e. The Morgan fingerprint density at radius 1 is 1.20 bits per heavy atom. The first-order valence-corrected chi connectivity index (χ1v) is 1.41. The van der Waals surface area contributed by atoms with Crippen LogP contribution in [0, 0.1) is 0 Å². The third kappa shape index (κ3) is 73.5. The summed E-state index contributed by atoms with van der Waals surface area (Å²) < 4.78 is 0. The monoisotopic (exact) mass is 110 g/mol. The molecule has 0 aromatic heterocycles. The summed E-state index contributed by atoms with van der Waals surface area (Å²) in [7, 11) is 0. The Kier molecular flexibility index (Phi) is 78.0. The van der Waals surface area contributed by atoms with Gasteiger partial charge in [0.2, 0.25) is 0 Å². The van der Waals surface area contributed by atoms with E-state index < -0.39 is 0 Å². The summed E-state index contributed by atoms with van der Waals surface area (Å²) in [4.78, 5) is 0. The summed E-state index contributed by atoms with van der Waals surface area (Å²) in [6, 6.07) is 0. The molecule has 0 saturated heterocycles. The second-order valence-corrected chi connectivity index (χ2v) is 0.707. The van der Waals surface area contributed by atoms with Crippen molar-refractivity contribution in [1.29, 1.82) is 0 Å². The number of hydrogen-bond donors (Lipinski definition) is 0. The van der Waals surface area contributed by atoms with E-state index in [0.29, 0.717) is 0 Å². The molecule has 5 heavy (non-hydrogen) atoms. The van der Waals surface area contributed by atoms with E-state index in [1.807, 2.05) is 0 Å². The maximum atomic E-state index is 2.12. The average molecular weight is 110 g/mol. The Balaban J connectivity index is -0.0000000200. The molecule has 0 heterocycles. The van der Waals surface area contributed by atoms with Gasteiger partial charge in [-0.2, -0.15) is 0 Å². The molecule has 0 aromatic rings. The second kappa shape index (κ2) is 22.5. The van der Waals surface area contributed by atoms with Gasteiger partial charge in [0.15, 0.2) is 0 Å². The van der Waals surface area contributed by atoms with E-state index in [0.717, 1.165) is 0 Å². The third-order valence-electron chi connectivity index (χ3n) is 0. The molecule has 0 aliphatic heterocycles. The summed E-state index contributed by atoms with van der Waals surface area (Å²) in [5, 5.41) is 0. The summed E-state index contributed by atoms with van der Waals surface area (Å²) in [5.74, 6) is 0. The van der Waals surface area contributed by atoms with E-state index in [-0.39, 0.29) is 27.2 Å². The van der Waals surface area contributed by atoms with Crippen LogP contribution in [-0.2, 0) is 21.7 Å². The van der Waals surface area contributed by atoms with Crippen molar-refractivity contribution in [3.05, 3.63) is 0 Å². The minimum Gasteiger partial charge on any atom is -0.412 e. The van der Waals surface area contributed by atoms with Gasteiger partial charge in [-0.25, -0.2) is 0 Å². The Labute approximate surface area is 48.0 Å². The Hall–Kier alpha value is 0.674. The minimum atomic E-state index is 0. The van der Waals surface area contributed by atoms with Crippen LogP contribution in [0.15, 0.2) is 0 Å². The molecule has 0 aromatic carbocycles. The van der Waals surface area contributed by atoms with Crippen molar-refractivity contribution in [3.8, 4) is 0 Å². The van der Waals surface area contributed by atoms with Crippen molar-refractivity contribution >= 4 is 0 Å². The van der Waals surface area contributed by atoms with Crippen LogP contribution in [0.2, 0.25) is 0 Å². The quantitative estimate of drug-likeness (QED) is 0.408. The number of hydrogen-bond acceptors (Lipinski definition) is 0. The van der Waals surface area contributed by atoms with Crippen molar-refractivity contribution < 1.29 is 27.2 Å². The van der Waals surface area contributed by atoms with Gasteiger partial charge >= 0.3 is 0 Å². The predicted molar refractivity (Wildman–Crippen MR) is 19.6 cm³/mol. The first-order valence-electron chi connectivity index (χ1n) is 1.41. The average Bonchev–Trinajstić information content (AvgIpc) is 0.918. The maximum absolute atomic E-state index is 2.12. The molecule has 2 heteroatoms. The van der Waals surface area contributed by atoms with Gasteiger partial charge in [0.1, 0.15) is 0 Å². The zero-order valence-electron chi connectivity index (χ0n) is 3.71. The second-order valence-electron chi connectivity index (χ2n) is 0.707. The molecule has 0 bridgehead atoms. The molecule has 2 N–H and O–H groups in total. The molecule has 0 unspecified atom stereocenters. The number of rotatable bonds is 0. The molecule has 0 amide bonds. The zero-order chi connectivity index (χ0) is 2.71. The molecular weight excluding hydrogens is 99.9 g/mol. The molecule has 0 rings (SSSR count). The predicted octanol–water partition coefficient (Wildman–Crippen LogP) is 0.589. The molecule has 0 saturated carbocycles. The van der Waals surface area contributed by atoms with E-state index >= 15 is 0 Å². The van der Waals surface area contributed by atoms with Gasteiger partial charge in [-0.15, -0.1) is 0 Å². The van der Waals surface area contributed by atoms with Crippen LogP contribution in [0.3, 0.4) is 0 Å². The zero-order valence-corrected chi connectivity index (χ0v) is 5.27. The topological polar surface area (TPSA) is 31.5 Å². The van der Waals surface area contributed by atoms with Crippen molar-refractivity contribution in [1.82, 2.24) is 0 Å². The SMILES string of the molecule is CCC.O.[Ti]. The van der Waals surface area contributed by atoms with E-state index in [1.165, 1.54) is 6.42 Å². The van der Waals surface area contributed by atoms with Gasteiger partial charge in [-0.1, -0.05) is 20.3 Å². The van der Waals surface area contributed by atoms with Crippen LogP contribution in [0.1, 0.15) is 20.3 Å². The fourth-order valence-corrected chi connectivity index (χ4v) is 0. The van der Waals surface area contributed by atoms with Gasteiger partial charge < -0.3 is 5.48 Å². The van der Waals surface area contributed by atoms with Gasteiger partial charge in [0.05, 0.1) is 0 Å². The van der Waals surface area contributed by atoms with Gasteiger partial charge in [0, 0.05) is 21.7 Å². The van der Waals surface area contributed by atoms with Crippen LogP contribution in [0.5, 0.6) is 0 Å². The molecule has 0 aliphatic carbocycles. The Morgan fingerprint density at radius 2 is 1.20 bits per heavy atom. The van der Waals surface area contributed by atoms with Gasteiger partial charge in [-0.05, 0) is 0 Å². The Bertz CT molecular complexity index is 6.85. The molecule has 0 spiro atoms.